The highest BCUT2D eigenvalue weighted by Crippen LogP contribution is 2.53. The molecule has 436 valence electrons. The molecule has 0 radical (unpaired) electrons. The first-order valence-corrected chi connectivity index (χ1v) is 30.4. The Morgan fingerprint density at radius 3 is 1.59 bits per heavy atom. The maximum Gasteiger partial charge on any atom is 0.153 e. The van der Waals surface area contributed by atoms with E-state index < -0.39 is 31.4 Å². The van der Waals surface area contributed by atoms with Gasteiger partial charge in [-0.3, -0.25) is 4.57 Å². The van der Waals surface area contributed by atoms with Crippen molar-refractivity contribution in [3.8, 4) is 56.4 Å². The number of benzene rings is 10. The van der Waals surface area contributed by atoms with E-state index in [1.807, 2.05) is 36.5 Å². The van der Waals surface area contributed by atoms with Crippen molar-refractivity contribution in [2.24, 2.45) is 0 Å². The van der Waals surface area contributed by atoms with Crippen molar-refractivity contribution in [2.45, 2.75) is 105 Å². The third-order valence-corrected chi connectivity index (χ3v) is 17.6. The Balaban J connectivity index is 1.000. The van der Waals surface area contributed by atoms with E-state index in [-0.39, 0.29) is 23.1 Å². The van der Waals surface area contributed by atoms with Gasteiger partial charge in [0.1, 0.15) is 18.2 Å². The SMILES string of the molecule is [2H]C([2H])([2H])C(c1cccc(-c2cc(C(C)(C)C)cc(-c3ccc(-c4ccccc4)c(C(C)(C)C)c3)c2N2CN(c3ccc(-n4c5ccccc5c5ccccc54)c(Oc4ccc5c6ccccc6n(-c6cc(C(C)(C)C)ccn6)c5c4)c3)c3ccccc32)c1)(C([2H])([2H])[2H])C([2H])([2H])[2H]. The lowest BCUT2D eigenvalue weighted by atomic mass is 9.78. The van der Waals surface area contributed by atoms with Gasteiger partial charge in [-0.1, -0.05) is 216 Å². The van der Waals surface area contributed by atoms with E-state index in [0.717, 1.165) is 111 Å². The lowest BCUT2D eigenvalue weighted by Crippen LogP contribution is -2.25. The average molecular weight is 1160 g/mol. The lowest BCUT2D eigenvalue weighted by Gasteiger charge is -2.31. The Labute approximate surface area is 531 Å². The molecule has 4 heterocycles. The molecule has 0 N–H and O–H groups in total. The van der Waals surface area contributed by atoms with Crippen molar-refractivity contribution in [3.05, 3.63) is 259 Å². The van der Waals surface area contributed by atoms with Crippen LogP contribution in [0, 0.1) is 0 Å². The van der Waals surface area contributed by atoms with Gasteiger partial charge in [-0.25, -0.2) is 4.98 Å². The van der Waals surface area contributed by atoms with Crippen molar-refractivity contribution in [3.63, 3.8) is 0 Å². The van der Waals surface area contributed by atoms with Gasteiger partial charge in [0.05, 0.1) is 44.8 Å². The molecule has 0 saturated carbocycles. The number of anilines is 4. The van der Waals surface area contributed by atoms with Gasteiger partial charge >= 0.3 is 0 Å². The molecule has 0 aliphatic carbocycles. The van der Waals surface area contributed by atoms with E-state index in [0.29, 0.717) is 22.6 Å². The van der Waals surface area contributed by atoms with Gasteiger partial charge in [0, 0.05) is 69.0 Å². The Morgan fingerprint density at radius 1 is 0.386 bits per heavy atom. The maximum absolute atomic E-state index is 8.84. The fourth-order valence-electron chi connectivity index (χ4n) is 13.1. The van der Waals surface area contributed by atoms with Crippen LogP contribution >= 0.6 is 0 Å². The zero-order chi connectivity index (χ0) is 68.5. The molecule has 3 aromatic heterocycles. The minimum absolute atomic E-state index is 0.118. The monoisotopic (exact) mass is 1160 g/mol. The Kier molecular flexibility index (Phi) is 11.1. The number of hydrogen-bond acceptors (Lipinski definition) is 4. The summed E-state index contributed by atoms with van der Waals surface area (Å²) >= 11 is 0. The van der Waals surface area contributed by atoms with Gasteiger partial charge in [0.2, 0.25) is 0 Å². The normalized spacial score (nSPS) is 15.1. The first-order valence-electron chi connectivity index (χ1n) is 34.9. The van der Waals surface area contributed by atoms with Crippen LogP contribution in [0.4, 0.5) is 22.7 Å². The van der Waals surface area contributed by atoms with Crippen LogP contribution in [-0.4, -0.2) is 20.8 Å². The minimum atomic E-state index is -3.48. The van der Waals surface area contributed by atoms with Gasteiger partial charge in [0.25, 0.3) is 0 Å². The molecular formula is C82H77N5O. The van der Waals surface area contributed by atoms with Crippen molar-refractivity contribution >= 4 is 66.4 Å². The van der Waals surface area contributed by atoms with Crippen molar-refractivity contribution in [1.82, 2.24) is 14.1 Å². The summed E-state index contributed by atoms with van der Waals surface area (Å²) in [7, 11) is 0. The molecule has 0 unspecified atom stereocenters. The van der Waals surface area contributed by atoms with E-state index in [2.05, 4.69) is 263 Å². The molecule has 6 nitrogen and oxygen atoms in total. The van der Waals surface area contributed by atoms with Crippen molar-refractivity contribution in [1.29, 1.82) is 0 Å². The number of hydrogen-bond donors (Lipinski definition) is 0. The van der Waals surface area contributed by atoms with Gasteiger partial charge < -0.3 is 19.1 Å². The first-order chi connectivity index (χ1) is 45.9. The summed E-state index contributed by atoms with van der Waals surface area (Å²) < 4.78 is 91.6. The van der Waals surface area contributed by atoms with Gasteiger partial charge in [-0.05, 0) is 151 Å². The molecule has 1 aliphatic rings. The van der Waals surface area contributed by atoms with E-state index in [1.165, 1.54) is 17.7 Å². The summed E-state index contributed by atoms with van der Waals surface area (Å²) in [5.41, 5.74) is 12.0. The maximum atomic E-state index is 8.84. The topological polar surface area (TPSA) is 38.5 Å². The van der Waals surface area contributed by atoms with Crippen LogP contribution in [0.3, 0.4) is 0 Å². The summed E-state index contributed by atoms with van der Waals surface area (Å²) in [6.45, 7) is 9.53. The highest BCUT2D eigenvalue weighted by atomic mass is 16.5. The van der Waals surface area contributed by atoms with Gasteiger partial charge in [-0.15, -0.1) is 0 Å². The summed E-state index contributed by atoms with van der Waals surface area (Å²) in [5.74, 6) is 2.02. The lowest BCUT2D eigenvalue weighted by molar-refractivity contribution is 0.481. The highest BCUT2D eigenvalue weighted by molar-refractivity contribution is 6.11. The zero-order valence-corrected chi connectivity index (χ0v) is 51.4. The predicted molar refractivity (Wildman–Crippen MR) is 373 cm³/mol. The second kappa shape index (κ2) is 21.1. The smallest absolute Gasteiger partial charge is 0.153 e. The molecule has 1 aliphatic heterocycles. The van der Waals surface area contributed by atoms with Crippen LogP contribution in [0.2, 0.25) is 0 Å². The van der Waals surface area contributed by atoms with Crippen LogP contribution in [0.5, 0.6) is 11.5 Å². The molecule has 0 saturated heterocycles. The number of aromatic nitrogens is 3. The fraction of sp³-hybridized carbons (Fsp3) is 0.207. The largest absolute Gasteiger partial charge is 0.455 e. The van der Waals surface area contributed by atoms with Crippen LogP contribution in [0.1, 0.15) is 117 Å². The molecule has 0 bridgehead atoms. The Bertz CT molecular complexity index is 5140. The van der Waals surface area contributed by atoms with Gasteiger partial charge in [0.15, 0.2) is 5.75 Å². The summed E-state index contributed by atoms with van der Waals surface area (Å²) in [4.78, 5) is 9.55. The van der Waals surface area contributed by atoms with Crippen LogP contribution in [0.25, 0.3) is 88.5 Å². The van der Waals surface area contributed by atoms with E-state index in [1.54, 1.807) is 6.07 Å². The Hall–Kier alpha value is -9.65. The molecule has 0 atom stereocenters. The summed E-state index contributed by atoms with van der Waals surface area (Å²) in [6, 6.07) is 78.2. The number of nitrogens with zero attached hydrogens (tertiary/aromatic N) is 5. The predicted octanol–water partition coefficient (Wildman–Crippen LogP) is 22.5. The number of fused-ring (bicyclic) bond motifs is 7. The third kappa shape index (κ3) is 9.89. The molecule has 0 amide bonds. The molecule has 13 aromatic rings. The molecule has 0 fully saturated rings. The fourth-order valence-corrected chi connectivity index (χ4v) is 13.1. The summed E-state index contributed by atoms with van der Waals surface area (Å²) in [5, 5.41) is 4.36. The van der Waals surface area contributed by atoms with Crippen LogP contribution in [0.15, 0.2) is 237 Å². The zero-order valence-electron chi connectivity index (χ0n) is 60.4. The Morgan fingerprint density at radius 2 is 0.955 bits per heavy atom. The molecule has 0 spiro atoms. The highest BCUT2D eigenvalue weighted by Gasteiger charge is 2.34. The van der Waals surface area contributed by atoms with E-state index >= 15 is 0 Å². The van der Waals surface area contributed by atoms with E-state index in [4.69, 9.17) is 22.1 Å². The summed E-state index contributed by atoms with van der Waals surface area (Å²) in [6.07, 6.45) is 1.89. The minimum Gasteiger partial charge on any atom is -0.455 e. The third-order valence-electron chi connectivity index (χ3n) is 17.6. The first kappa shape index (κ1) is 46.6. The van der Waals surface area contributed by atoms with Crippen LogP contribution in [-0.2, 0) is 21.7 Å². The molecule has 6 heteroatoms. The molecule has 88 heavy (non-hydrogen) atoms. The number of rotatable bonds is 9. The van der Waals surface area contributed by atoms with E-state index in [9.17, 15) is 0 Å². The number of para-hydroxylation sites is 5. The molecule has 14 rings (SSSR count). The molecule has 10 aromatic carbocycles. The quantitative estimate of drug-likeness (QED) is 0.144. The second-order valence-electron chi connectivity index (χ2n) is 26.7. The van der Waals surface area contributed by atoms with Crippen molar-refractivity contribution in [2.75, 3.05) is 16.5 Å². The second-order valence-corrected chi connectivity index (χ2v) is 26.7. The molecular weight excluding hydrogens is 1070 g/mol. The number of ether oxygens (including phenoxy) is 1. The van der Waals surface area contributed by atoms with Crippen LogP contribution < -0.4 is 14.5 Å². The van der Waals surface area contributed by atoms with Gasteiger partial charge in [-0.2, -0.15) is 0 Å². The average Bonchev–Trinajstić information content (AvgIpc) is 1.59. The standard InChI is InChI=1S/C82H77N5O/c1-79(2,3)56-28-24-27-54(45-56)66-47-58(81(7,8)9)48-67(55-37-40-61(53-25-14-13-15-26-53)68(46-55)82(10,11)12)78(66)85-52-84(72-35-22-23-36-73(72)85)59-38-42-74(86-69-32-19-16-29-62(69)63-30-17-20-33-70(63)86)76(50-59)88-60-39-41-65-64-31-18-21-34-71(64)87(75(65)51-60)77-49-57(43-44-83-77)80(4,5)6/h13-51H,52H2,1-12H3/i1D3,2D3,3D3. The van der Waals surface area contributed by atoms with Crippen molar-refractivity contribution < 1.29 is 17.1 Å². The number of pyridine rings is 1.